The molecule has 0 radical (unpaired) electrons. The van der Waals surface area contributed by atoms with E-state index in [9.17, 15) is 18.3 Å². The fourth-order valence-corrected chi connectivity index (χ4v) is 5.57. The zero-order valence-electron chi connectivity index (χ0n) is 17.9. The smallest absolute Gasteiger partial charge is 0.407 e. The zero-order chi connectivity index (χ0) is 23.9. The molecule has 0 unspecified atom stereocenters. The second kappa shape index (κ2) is 8.89. The lowest BCUT2D eigenvalue weighted by Crippen LogP contribution is -2.33. The van der Waals surface area contributed by atoms with Crippen molar-refractivity contribution in [3.8, 4) is 0 Å². The number of amides is 1. The molecule has 1 heterocycles. The summed E-state index contributed by atoms with van der Waals surface area (Å²) in [5.74, 6) is -0.0327. The maximum absolute atomic E-state index is 12.7. The summed E-state index contributed by atoms with van der Waals surface area (Å²) in [7, 11) is -0.697. The van der Waals surface area contributed by atoms with Gasteiger partial charge in [0.25, 0.3) is 10.0 Å². The zero-order valence-corrected chi connectivity index (χ0v) is 20.2. The van der Waals surface area contributed by atoms with Crippen LogP contribution in [0.15, 0.2) is 53.9 Å². The number of fused-ring (bicyclic) bond motifs is 1. The van der Waals surface area contributed by atoms with Crippen molar-refractivity contribution in [2.45, 2.75) is 29.8 Å². The molecule has 33 heavy (non-hydrogen) atoms. The van der Waals surface area contributed by atoms with Gasteiger partial charge in [0.2, 0.25) is 0 Å². The molecule has 0 saturated heterocycles. The fraction of sp³-hybridized carbons (Fsp3) is 0.273. The number of rotatable bonds is 5. The highest BCUT2D eigenvalue weighted by molar-refractivity contribution is 7.92. The molecular weight excluding hydrogens is 487 g/mol. The van der Waals surface area contributed by atoms with Gasteiger partial charge in [-0.2, -0.15) is 8.42 Å². The lowest BCUT2D eigenvalue weighted by molar-refractivity contribution is 0.132. The Morgan fingerprint density at radius 2 is 1.91 bits per heavy atom. The molecule has 3 aromatic rings. The lowest BCUT2D eigenvalue weighted by Gasteiger charge is -2.36. The Kier molecular flexibility index (Phi) is 6.30. The number of hydrogen-bond donors (Lipinski definition) is 2. The van der Waals surface area contributed by atoms with Crippen molar-refractivity contribution >= 4 is 45.0 Å². The first-order chi connectivity index (χ1) is 15.6. The predicted molar refractivity (Wildman–Crippen MR) is 127 cm³/mol. The third-order valence-corrected chi connectivity index (χ3v) is 7.88. The summed E-state index contributed by atoms with van der Waals surface area (Å²) >= 11 is 12.3. The molecule has 2 aromatic carbocycles. The average Bonchev–Trinajstić information content (AvgIpc) is 3.21. The van der Waals surface area contributed by atoms with E-state index in [0.29, 0.717) is 28.6 Å². The van der Waals surface area contributed by atoms with Crippen LogP contribution in [0.2, 0.25) is 10.0 Å². The van der Waals surface area contributed by atoms with Gasteiger partial charge in [0.15, 0.2) is 5.03 Å². The van der Waals surface area contributed by atoms with E-state index < -0.39 is 22.2 Å². The van der Waals surface area contributed by atoms with E-state index in [1.165, 1.54) is 24.5 Å². The molecular formula is C22H22Cl2N4O4S. The van der Waals surface area contributed by atoms with Crippen molar-refractivity contribution in [2.24, 2.45) is 7.05 Å². The third kappa shape index (κ3) is 4.66. The Labute approximate surface area is 201 Å². The molecule has 174 valence electrons. The van der Waals surface area contributed by atoms with E-state index in [1.54, 1.807) is 29.8 Å². The summed E-state index contributed by atoms with van der Waals surface area (Å²) in [6, 6.07) is 10.2. The maximum atomic E-state index is 12.7. The van der Waals surface area contributed by atoms with Gasteiger partial charge in [0, 0.05) is 31.9 Å². The van der Waals surface area contributed by atoms with Crippen molar-refractivity contribution < 1.29 is 18.3 Å². The minimum atomic E-state index is -3.89. The Balaban J connectivity index is 1.76. The number of halogens is 2. The number of carbonyl (C=O) groups is 1. The Bertz CT molecular complexity index is 1330. The molecule has 1 amide bonds. The number of nitrogens with one attached hydrogen (secondary N) is 1. The van der Waals surface area contributed by atoms with Crippen LogP contribution in [0.25, 0.3) is 0 Å². The Hall–Kier alpha value is -2.75. The van der Waals surface area contributed by atoms with Gasteiger partial charge in [-0.1, -0.05) is 35.3 Å². The fourth-order valence-electron chi connectivity index (χ4n) is 4.23. The maximum Gasteiger partial charge on any atom is 0.407 e. The van der Waals surface area contributed by atoms with Crippen LogP contribution in [0.1, 0.15) is 41.5 Å². The molecule has 0 fully saturated rings. The summed E-state index contributed by atoms with van der Waals surface area (Å²) in [6.07, 6.45) is 3.02. The molecule has 1 aliphatic rings. The second-order valence-corrected chi connectivity index (χ2v) is 10.5. The minimum absolute atomic E-state index is 0.0327. The van der Waals surface area contributed by atoms with Gasteiger partial charge in [-0.3, -0.25) is 4.72 Å². The highest BCUT2D eigenvalue weighted by Crippen LogP contribution is 2.45. The lowest BCUT2D eigenvalue weighted by atomic mass is 9.76. The first-order valence-corrected chi connectivity index (χ1v) is 12.4. The number of aromatic nitrogens is 2. The van der Waals surface area contributed by atoms with E-state index in [1.807, 2.05) is 18.2 Å². The molecule has 0 spiro atoms. The third-order valence-electron chi connectivity index (χ3n) is 5.87. The van der Waals surface area contributed by atoms with E-state index in [-0.39, 0.29) is 10.9 Å². The highest BCUT2D eigenvalue weighted by Gasteiger charge is 2.33. The Morgan fingerprint density at radius 1 is 1.15 bits per heavy atom. The van der Waals surface area contributed by atoms with Crippen LogP contribution < -0.4 is 4.72 Å². The summed E-state index contributed by atoms with van der Waals surface area (Å²) in [5.41, 5.74) is 2.95. The summed E-state index contributed by atoms with van der Waals surface area (Å²) in [6.45, 7) is 0. The summed E-state index contributed by atoms with van der Waals surface area (Å²) in [4.78, 5) is 16.9. The number of hydrogen-bond acceptors (Lipinski definition) is 4. The van der Waals surface area contributed by atoms with Crippen LogP contribution >= 0.6 is 23.2 Å². The molecule has 1 aliphatic carbocycles. The molecule has 0 aliphatic heterocycles. The molecule has 1 aromatic heterocycles. The molecule has 2 atom stereocenters. The van der Waals surface area contributed by atoms with Crippen molar-refractivity contribution in [3.63, 3.8) is 0 Å². The van der Waals surface area contributed by atoms with Crippen molar-refractivity contribution in [1.29, 1.82) is 0 Å². The minimum Gasteiger partial charge on any atom is -0.465 e. The molecule has 0 saturated carbocycles. The normalized spacial score (nSPS) is 17.9. The average molecular weight is 509 g/mol. The van der Waals surface area contributed by atoms with Gasteiger partial charge < -0.3 is 14.6 Å². The number of aryl methyl sites for hydroxylation is 1. The van der Waals surface area contributed by atoms with Crippen LogP contribution in [0, 0.1) is 0 Å². The van der Waals surface area contributed by atoms with Crippen LogP contribution in [-0.4, -0.2) is 41.1 Å². The Morgan fingerprint density at radius 3 is 2.55 bits per heavy atom. The number of anilines is 1. The quantitative estimate of drug-likeness (QED) is 0.498. The van der Waals surface area contributed by atoms with Crippen LogP contribution in [0.5, 0.6) is 0 Å². The molecule has 11 heteroatoms. The van der Waals surface area contributed by atoms with Gasteiger partial charge in [-0.15, -0.1) is 0 Å². The van der Waals surface area contributed by atoms with Gasteiger partial charge in [-0.25, -0.2) is 9.78 Å². The van der Waals surface area contributed by atoms with Crippen molar-refractivity contribution in [1.82, 2.24) is 14.5 Å². The second-order valence-electron chi connectivity index (χ2n) is 8.04. The van der Waals surface area contributed by atoms with Gasteiger partial charge in [0.05, 0.1) is 22.4 Å². The molecule has 4 rings (SSSR count). The SMILES string of the molecule is CN(C(=O)O)[C@H]1CC[C@@H](c2ccc(Cl)c(Cl)c2)c2ccc(NS(=O)(=O)c3cn(C)cn3)cc21. The van der Waals surface area contributed by atoms with Crippen molar-refractivity contribution in [3.05, 3.63) is 75.7 Å². The molecule has 2 N–H and O–H groups in total. The van der Waals surface area contributed by atoms with E-state index in [4.69, 9.17) is 23.2 Å². The number of sulfonamides is 1. The van der Waals surface area contributed by atoms with Crippen LogP contribution in [0.3, 0.4) is 0 Å². The van der Waals surface area contributed by atoms with Gasteiger partial charge in [-0.05, 0) is 53.8 Å². The first-order valence-electron chi connectivity index (χ1n) is 10.1. The van der Waals surface area contributed by atoms with Crippen LogP contribution in [-0.2, 0) is 17.1 Å². The molecule has 8 nitrogen and oxygen atoms in total. The standard InChI is InChI=1S/C22H22Cl2N4O4S/c1-27-11-21(25-12-27)33(31,32)26-14-4-5-16-15(13-3-7-18(23)19(24)9-13)6-8-20(17(16)10-14)28(2)22(29)30/h3-5,7,9-12,15,20,26H,6,8H2,1-2H3,(H,29,30)/t15-,20-/m0/s1. The summed E-state index contributed by atoms with van der Waals surface area (Å²) < 4.78 is 29.6. The first kappa shape index (κ1) is 23.4. The van der Waals surface area contributed by atoms with Crippen LogP contribution in [0.4, 0.5) is 10.5 Å². The van der Waals surface area contributed by atoms with E-state index >= 15 is 0 Å². The van der Waals surface area contributed by atoms with Gasteiger partial charge >= 0.3 is 6.09 Å². The number of imidazole rings is 1. The number of benzene rings is 2. The largest absolute Gasteiger partial charge is 0.465 e. The number of carboxylic acid groups (broad SMARTS) is 1. The van der Waals surface area contributed by atoms with Crippen molar-refractivity contribution in [2.75, 3.05) is 11.8 Å². The molecule has 0 bridgehead atoms. The highest BCUT2D eigenvalue weighted by atomic mass is 35.5. The number of nitrogens with zero attached hydrogens (tertiary/aromatic N) is 3. The van der Waals surface area contributed by atoms with Gasteiger partial charge in [0.1, 0.15) is 0 Å². The predicted octanol–water partition coefficient (Wildman–Crippen LogP) is 5.10. The van der Waals surface area contributed by atoms with E-state index in [0.717, 1.165) is 16.7 Å². The monoisotopic (exact) mass is 508 g/mol. The topological polar surface area (TPSA) is 105 Å². The summed E-state index contributed by atoms with van der Waals surface area (Å²) in [5, 5.41) is 10.4. The van der Waals surface area contributed by atoms with E-state index in [2.05, 4.69) is 9.71 Å².